The van der Waals surface area contributed by atoms with E-state index in [1.165, 1.54) is 12.8 Å². The van der Waals surface area contributed by atoms with Crippen LogP contribution in [0.5, 0.6) is 0 Å². The highest BCUT2D eigenvalue weighted by Crippen LogP contribution is 2.21. The molecule has 1 unspecified atom stereocenters. The smallest absolute Gasteiger partial charge is 0.331 e. The fraction of sp³-hybridized carbons (Fsp3) is 0.750. The first-order chi connectivity index (χ1) is 7.13. The number of carboxylic acids is 1. The van der Waals surface area contributed by atoms with Gasteiger partial charge in [0.05, 0.1) is 0 Å². The van der Waals surface area contributed by atoms with Crippen molar-refractivity contribution in [1.29, 1.82) is 0 Å². The van der Waals surface area contributed by atoms with E-state index in [-0.39, 0.29) is 18.1 Å². The van der Waals surface area contributed by atoms with Crippen molar-refractivity contribution in [2.45, 2.75) is 45.4 Å². The second-order valence-electron chi connectivity index (χ2n) is 3.89. The van der Waals surface area contributed by atoms with Gasteiger partial charge in [-0.25, -0.2) is 4.79 Å². The van der Waals surface area contributed by atoms with E-state index in [4.69, 9.17) is 10.2 Å². The van der Waals surface area contributed by atoms with Crippen LogP contribution in [0.25, 0.3) is 0 Å². The van der Waals surface area contributed by atoms with Crippen LogP contribution in [0.2, 0.25) is 0 Å². The molecule has 0 aromatic heterocycles. The Kier molecular flexibility index (Phi) is 8.01. The zero-order valence-corrected chi connectivity index (χ0v) is 9.54. The van der Waals surface area contributed by atoms with Gasteiger partial charge < -0.3 is 10.2 Å². The minimum absolute atomic E-state index is 0.0325. The number of aliphatic carboxylic acids is 1. The highest BCUT2D eigenvalue weighted by Gasteiger charge is 2.17. The molecule has 0 heterocycles. The van der Waals surface area contributed by atoms with Crippen molar-refractivity contribution in [2.24, 2.45) is 5.92 Å². The van der Waals surface area contributed by atoms with Crippen molar-refractivity contribution in [3.8, 4) is 0 Å². The van der Waals surface area contributed by atoms with Gasteiger partial charge in [0, 0.05) is 12.2 Å². The van der Waals surface area contributed by atoms with Crippen molar-refractivity contribution in [3.63, 3.8) is 0 Å². The summed E-state index contributed by atoms with van der Waals surface area (Å²) in [6, 6.07) is 0. The summed E-state index contributed by atoms with van der Waals surface area (Å²) < 4.78 is 0. The van der Waals surface area contributed by atoms with E-state index in [0.717, 1.165) is 19.3 Å². The molecule has 3 nitrogen and oxygen atoms in total. The van der Waals surface area contributed by atoms with E-state index in [1.54, 1.807) is 0 Å². The molecule has 0 radical (unpaired) electrons. The Morgan fingerprint density at radius 3 is 2.40 bits per heavy atom. The third-order valence-corrected chi connectivity index (χ3v) is 2.65. The number of aliphatic hydroxyl groups is 1. The zero-order chi connectivity index (χ0) is 11.7. The molecule has 3 heteroatoms. The number of hydrogen-bond donors (Lipinski definition) is 2. The largest absolute Gasteiger partial charge is 0.478 e. The molecule has 15 heavy (non-hydrogen) atoms. The summed E-state index contributed by atoms with van der Waals surface area (Å²) in [6.45, 7) is 5.73. The van der Waals surface area contributed by atoms with Crippen LogP contribution in [-0.2, 0) is 4.79 Å². The molecule has 0 aliphatic rings. The lowest BCUT2D eigenvalue weighted by molar-refractivity contribution is -0.133. The van der Waals surface area contributed by atoms with Gasteiger partial charge in [0.25, 0.3) is 0 Å². The van der Waals surface area contributed by atoms with Crippen LogP contribution < -0.4 is 0 Å². The Hall–Kier alpha value is -0.830. The van der Waals surface area contributed by atoms with Crippen LogP contribution in [0.15, 0.2) is 12.2 Å². The van der Waals surface area contributed by atoms with Crippen molar-refractivity contribution in [3.05, 3.63) is 12.2 Å². The molecule has 0 saturated heterocycles. The normalized spacial score (nSPS) is 12.4. The molecule has 0 aliphatic carbocycles. The number of unbranched alkanes of at least 4 members (excludes halogenated alkanes) is 3. The Labute approximate surface area is 91.8 Å². The summed E-state index contributed by atoms with van der Waals surface area (Å²) in [5.41, 5.74) is 0.237. The first-order valence-corrected chi connectivity index (χ1v) is 5.66. The van der Waals surface area contributed by atoms with Crippen molar-refractivity contribution < 1.29 is 15.0 Å². The van der Waals surface area contributed by atoms with E-state index in [1.807, 2.05) is 0 Å². The quantitative estimate of drug-likeness (QED) is 0.458. The van der Waals surface area contributed by atoms with Gasteiger partial charge >= 0.3 is 5.97 Å². The van der Waals surface area contributed by atoms with Gasteiger partial charge in [-0.15, -0.1) is 0 Å². The molecule has 0 rings (SSSR count). The van der Waals surface area contributed by atoms with Crippen molar-refractivity contribution in [2.75, 3.05) is 6.61 Å². The Bertz CT molecular complexity index is 199. The zero-order valence-electron chi connectivity index (χ0n) is 9.54. The van der Waals surface area contributed by atoms with E-state index in [2.05, 4.69) is 13.5 Å². The Morgan fingerprint density at radius 1 is 1.27 bits per heavy atom. The van der Waals surface area contributed by atoms with Gasteiger partial charge in [0.2, 0.25) is 0 Å². The minimum Gasteiger partial charge on any atom is -0.478 e. The summed E-state index contributed by atoms with van der Waals surface area (Å²) >= 11 is 0. The summed E-state index contributed by atoms with van der Waals surface area (Å²) in [4.78, 5) is 10.7. The van der Waals surface area contributed by atoms with Crippen molar-refractivity contribution in [1.82, 2.24) is 0 Å². The summed E-state index contributed by atoms with van der Waals surface area (Å²) in [5.74, 6) is -1.01. The third kappa shape index (κ3) is 6.28. The predicted molar refractivity (Wildman–Crippen MR) is 60.7 cm³/mol. The van der Waals surface area contributed by atoms with Crippen LogP contribution in [0.4, 0.5) is 0 Å². The number of aliphatic hydroxyl groups excluding tert-OH is 1. The van der Waals surface area contributed by atoms with Crippen LogP contribution in [0, 0.1) is 5.92 Å². The molecular formula is C12H22O3. The predicted octanol–water partition coefficient (Wildman–Crippen LogP) is 2.60. The molecule has 2 N–H and O–H groups in total. The van der Waals surface area contributed by atoms with Crippen LogP contribution in [-0.4, -0.2) is 22.8 Å². The van der Waals surface area contributed by atoms with Gasteiger partial charge in [-0.3, -0.25) is 0 Å². The van der Waals surface area contributed by atoms with Crippen LogP contribution in [0.3, 0.4) is 0 Å². The maximum Gasteiger partial charge on any atom is 0.331 e. The van der Waals surface area contributed by atoms with Crippen LogP contribution in [0.1, 0.15) is 45.4 Å². The standard InChI is InChI=1S/C12H22O3/c1-3-4-5-6-7-11(8-9-13)10(2)12(14)15/h11,13H,2-9H2,1H3,(H,14,15). The number of hydrogen-bond acceptors (Lipinski definition) is 2. The SMILES string of the molecule is C=C(C(=O)O)C(CCO)CCCCCC. The summed E-state index contributed by atoms with van der Waals surface area (Å²) in [6.07, 6.45) is 5.84. The van der Waals surface area contributed by atoms with Gasteiger partial charge in [0.1, 0.15) is 0 Å². The van der Waals surface area contributed by atoms with Gasteiger partial charge in [0.15, 0.2) is 0 Å². The van der Waals surface area contributed by atoms with Gasteiger partial charge in [-0.05, 0) is 18.8 Å². The molecule has 0 bridgehead atoms. The lowest BCUT2D eigenvalue weighted by Crippen LogP contribution is -2.13. The maximum absolute atomic E-state index is 10.7. The molecular weight excluding hydrogens is 192 g/mol. The first kappa shape index (κ1) is 14.2. The second kappa shape index (κ2) is 8.48. The Balaban J connectivity index is 3.93. The fourth-order valence-corrected chi connectivity index (χ4v) is 1.64. The first-order valence-electron chi connectivity index (χ1n) is 5.66. The van der Waals surface area contributed by atoms with E-state index < -0.39 is 5.97 Å². The topological polar surface area (TPSA) is 57.5 Å². The third-order valence-electron chi connectivity index (χ3n) is 2.65. The maximum atomic E-state index is 10.7. The molecule has 0 aromatic rings. The van der Waals surface area contributed by atoms with Crippen LogP contribution >= 0.6 is 0 Å². The molecule has 0 saturated carbocycles. The van der Waals surface area contributed by atoms with Gasteiger partial charge in [-0.2, -0.15) is 0 Å². The average molecular weight is 214 g/mol. The average Bonchev–Trinajstić information content (AvgIpc) is 2.21. The molecule has 1 atom stereocenters. The number of carboxylic acid groups (broad SMARTS) is 1. The lowest BCUT2D eigenvalue weighted by atomic mass is 9.91. The highest BCUT2D eigenvalue weighted by atomic mass is 16.4. The van der Waals surface area contributed by atoms with Gasteiger partial charge in [-0.1, -0.05) is 39.2 Å². The molecule has 88 valence electrons. The minimum atomic E-state index is -0.941. The molecule has 0 spiro atoms. The van der Waals surface area contributed by atoms with E-state index in [0.29, 0.717) is 6.42 Å². The molecule has 0 aliphatic heterocycles. The Morgan fingerprint density at radius 2 is 1.93 bits per heavy atom. The lowest BCUT2D eigenvalue weighted by Gasteiger charge is -2.15. The molecule has 0 amide bonds. The second-order valence-corrected chi connectivity index (χ2v) is 3.89. The number of carbonyl (C=O) groups is 1. The van der Waals surface area contributed by atoms with E-state index in [9.17, 15) is 4.79 Å². The molecule has 0 fully saturated rings. The molecule has 0 aromatic carbocycles. The fourth-order valence-electron chi connectivity index (χ4n) is 1.64. The summed E-state index contributed by atoms with van der Waals surface area (Å²) in [7, 11) is 0. The van der Waals surface area contributed by atoms with E-state index >= 15 is 0 Å². The number of rotatable bonds is 9. The summed E-state index contributed by atoms with van der Waals surface area (Å²) in [5, 5.41) is 17.6. The van der Waals surface area contributed by atoms with Crippen molar-refractivity contribution >= 4 is 5.97 Å². The highest BCUT2D eigenvalue weighted by molar-refractivity contribution is 5.86. The monoisotopic (exact) mass is 214 g/mol.